The van der Waals surface area contributed by atoms with Gasteiger partial charge in [0.15, 0.2) is 0 Å². The summed E-state index contributed by atoms with van der Waals surface area (Å²) in [6.07, 6.45) is 1.30. The molecule has 0 fully saturated rings. The second kappa shape index (κ2) is 4.23. The molecule has 0 saturated carbocycles. The Morgan fingerprint density at radius 2 is 2.31 bits per heavy atom. The van der Waals surface area contributed by atoms with Crippen molar-refractivity contribution in [3.63, 3.8) is 0 Å². The number of hydrogen-bond donors (Lipinski definition) is 1. The van der Waals surface area contributed by atoms with Crippen LogP contribution in [0, 0.1) is 0 Å². The molecule has 0 aromatic carbocycles. The molecule has 0 aliphatic carbocycles. The Hall–Kier alpha value is -1.09. The Balaban J connectivity index is 2.91. The summed E-state index contributed by atoms with van der Waals surface area (Å²) in [4.78, 5) is 6.24. The quantitative estimate of drug-likeness (QED) is 0.767. The zero-order valence-corrected chi connectivity index (χ0v) is 8.36. The minimum absolute atomic E-state index is 0.424. The number of aromatic nitrogens is 1. The van der Waals surface area contributed by atoms with E-state index in [4.69, 9.17) is 0 Å². The summed E-state index contributed by atoms with van der Waals surface area (Å²) in [5, 5.41) is 9.36. The second-order valence-electron chi connectivity index (χ2n) is 3.14. The van der Waals surface area contributed by atoms with Gasteiger partial charge in [-0.25, -0.2) is 4.98 Å². The summed E-state index contributed by atoms with van der Waals surface area (Å²) in [5.74, 6) is 0.904. The number of rotatable bonds is 3. The van der Waals surface area contributed by atoms with Gasteiger partial charge < -0.3 is 10.0 Å². The standard InChI is InChI=1S/C10H16N2O/c1-4-12(3)10-7-9(8(2)13)5-6-11-10/h5-8,13H,4H2,1-3H3/t8-/m1/s1. The third kappa shape index (κ3) is 2.42. The fraction of sp³-hybridized carbons (Fsp3) is 0.500. The van der Waals surface area contributed by atoms with Crippen molar-refractivity contribution in [2.24, 2.45) is 0 Å². The van der Waals surface area contributed by atoms with E-state index >= 15 is 0 Å². The first-order valence-corrected chi connectivity index (χ1v) is 4.50. The van der Waals surface area contributed by atoms with Crippen LogP contribution in [0.1, 0.15) is 25.5 Å². The second-order valence-corrected chi connectivity index (χ2v) is 3.14. The summed E-state index contributed by atoms with van der Waals surface area (Å²) in [7, 11) is 1.98. The van der Waals surface area contributed by atoms with Crippen molar-refractivity contribution in [3.05, 3.63) is 23.9 Å². The molecule has 0 radical (unpaired) electrons. The van der Waals surface area contributed by atoms with Gasteiger partial charge in [0.05, 0.1) is 6.10 Å². The molecule has 0 saturated heterocycles. The molecule has 3 heteroatoms. The number of hydrogen-bond acceptors (Lipinski definition) is 3. The predicted octanol–water partition coefficient (Wildman–Crippen LogP) is 1.59. The minimum Gasteiger partial charge on any atom is -0.389 e. The number of aliphatic hydroxyl groups is 1. The maximum atomic E-state index is 9.36. The van der Waals surface area contributed by atoms with Gasteiger partial charge in [0.25, 0.3) is 0 Å². The third-order valence-corrected chi connectivity index (χ3v) is 2.12. The third-order valence-electron chi connectivity index (χ3n) is 2.12. The lowest BCUT2D eigenvalue weighted by molar-refractivity contribution is 0.199. The van der Waals surface area contributed by atoms with Crippen LogP contribution in [0.25, 0.3) is 0 Å². The van der Waals surface area contributed by atoms with Crippen LogP contribution in [0.4, 0.5) is 5.82 Å². The van der Waals surface area contributed by atoms with Crippen molar-refractivity contribution in [1.29, 1.82) is 0 Å². The molecule has 1 heterocycles. The molecule has 13 heavy (non-hydrogen) atoms. The summed E-state index contributed by atoms with van der Waals surface area (Å²) >= 11 is 0. The summed E-state index contributed by atoms with van der Waals surface area (Å²) in [6, 6.07) is 3.74. The summed E-state index contributed by atoms with van der Waals surface area (Å²) < 4.78 is 0. The van der Waals surface area contributed by atoms with E-state index in [-0.39, 0.29) is 0 Å². The molecule has 1 aromatic rings. The number of aliphatic hydroxyl groups excluding tert-OH is 1. The smallest absolute Gasteiger partial charge is 0.128 e. The first-order valence-electron chi connectivity index (χ1n) is 4.50. The van der Waals surface area contributed by atoms with Gasteiger partial charge in [0.1, 0.15) is 5.82 Å². The molecule has 0 aliphatic rings. The van der Waals surface area contributed by atoms with Gasteiger partial charge in [-0.2, -0.15) is 0 Å². The molecule has 72 valence electrons. The van der Waals surface area contributed by atoms with Crippen LogP contribution in [0.2, 0.25) is 0 Å². The van der Waals surface area contributed by atoms with E-state index in [0.717, 1.165) is 17.9 Å². The van der Waals surface area contributed by atoms with Crippen molar-refractivity contribution in [2.75, 3.05) is 18.5 Å². The van der Waals surface area contributed by atoms with Crippen molar-refractivity contribution in [2.45, 2.75) is 20.0 Å². The molecule has 1 N–H and O–H groups in total. The Labute approximate surface area is 79.0 Å². The predicted molar refractivity (Wildman–Crippen MR) is 53.8 cm³/mol. The first-order chi connectivity index (χ1) is 6.15. The Bertz CT molecular complexity index is 273. The van der Waals surface area contributed by atoms with E-state index in [1.54, 1.807) is 13.1 Å². The SMILES string of the molecule is CCN(C)c1cc([C@@H](C)O)ccn1. The van der Waals surface area contributed by atoms with Crippen LogP contribution in [-0.2, 0) is 0 Å². The Morgan fingerprint density at radius 3 is 2.85 bits per heavy atom. The lowest BCUT2D eigenvalue weighted by Crippen LogP contribution is -2.17. The summed E-state index contributed by atoms with van der Waals surface area (Å²) in [5.41, 5.74) is 0.908. The topological polar surface area (TPSA) is 36.4 Å². The minimum atomic E-state index is -0.424. The fourth-order valence-corrected chi connectivity index (χ4v) is 1.06. The van der Waals surface area contributed by atoms with Gasteiger partial charge >= 0.3 is 0 Å². The van der Waals surface area contributed by atoms with Crippen molar-refractivity contribution in [3.8, 4) is 0 Å². The zero-order chi connectivity index (χ0) is 9.84. The lowest BCUT2D eigenvalue weighted by Gasteiger charge is -2.16. The molecule has 0 bridgehead atoms. The highest BCUT2D eigenvalue weighted by molar-refractivity contribution is 5.40. The molecule has 1 atom stereocenters. The van der Waals surface area contributed by atoms with Crippen LogP contribution < -0.4 is 4.90 Å². The number of anilines is 1. The van der Waals surface area contributed by atoms with Gasteiger partial charge in [-0.15, -0.1) is 0 Å². The highest BCUT2D eigenvalue weighted by Crippen LogP contribution is 2.16. The number of nitrogens with zero attached hydrogens (tertiary/aromatic N) is 2. The Morgan fingerprint density at radius 1 is 1.62 bits per heavy atom. The van der Waals surface area contributed by atoms with Gasteiger partial charge in [0, 0.05) is 19.8 Å². The van der Waals surface area contributed by atoms with Crippen LogP contribution in [-0.4, -0.2) is 23.7 Å². The molecule has 1 rings (SSSR count). The van der Waals surface area contributed by atoms with Gasteiger partial charge in [-0.05, 0) is 31.5 Å². The molecule has 0 amide bonds. The zero-order valence-electron chi connectivity index (χ0n) is 8.36. The fourth-order valence-electron chi connectivity index (χ4n) is 1.06. The van der Waals surface area contributed by atoms with E-state index in [0.29, 0.717) is 0 Å². The highest BCUT2D eigenvalue weighted by atomic mass is 16.3. The Kier molecular flexibility index (Phi) is 3.25. The molecular weight excluding hydrogens is 164 g/mol. The van der Waals surface area contributed by atoms with Crippen LogP contribution >= 0.6 is 0 Å². The molecule has 3 nitrogen and oxygen atoms in total. The van der Waals surface area contributed by atoms with E-state index in [2.05, 4.69) is 11.9 Å². The van der Waals surface area contributed by atoms with E-state index < -0.39 is 6.10 Å². The number of pyridine rings is 1. The van der Waals surface area contributed by atoms with Crippen LogP contribution in [0.15, 0.2) is 18.3 Å². The molecule has 0 unspecified atom stereocenters. The summed E-state index contributed by atoms with van der Waals surface area (Å²) in [6.45, 7) is 4.73. The largest absolute Gasteiger partial charge is 0.389 e. The van der Waals surface area contributed by atoms with Crippen molar-refractivity contribution < 1.29 is 5.11 Å². The van der Waals surface area contributed by atoms with Crippen LogP contribution in [0.5, 0.6) is 0 Å². The maximum absolute atomic E-state index is 9.36. The van der Waals surface area contributed by atoms with Crippen molar-refractivity contribution in [1.82, 2.24) is 4.98 Å². The molecule has 0 aliphatic heterocycles. The maximum Gasteiger partial charge on any atom is 0.128 e. The van der Waals surface area contributed by atoms with Gasteiger partial charge in [0.2, 0.25) is 0 Å². The lowest BCUT2D eigenvalue weighted by atomic mass is 10.2. The van der Waals surface area contributed by atoms with Gasteiger partial charge in [-0.3, -0.25) is 0 Å². The van der Waals surface area contributed by atoms with Crippen molar-refractivity contribution >= 4 is 5.82 Å². The van der Waals surface area contributed by atoms with Gasteiger partial charge in [-0.1, -0.05) is 0 Å². The average molecular weight is 180 g/mol. The monoisotopic (exact) mass is 180 g/mol. The molecular formula is C10H16N2O. The highest BCUT2D eigenvalue weighted by Gasteiger charge is 2.04. The van der Waals surface area contributed by atoms with E-state index in [1.165, 1.54) is 0 Å². The van der Waals surface area contributed by atoms with E-state index in [9.17, 15) is 5.11 Å². The normalized spacial score (nSPS) is 12.6. The first kappa shape index (κ1) is 9.99. The molecule has 0 spiro atoms. The average Bonchev–Trinajstić information content (AvgIpc) is 2.17. The van der Waals surface area contributed by atoms with Crippen LogP contribution in [0.3, 0.4) is 0 Å². The molecule has 1 aromatic heterocycles. The van der Waals surface area contributed by atoms with E-state index in [1.807, 2.05) is 24.1 Å².